The summed E-state index contributed by atoms with van der Waals surface area (Å²) in [5.74, 6) is 1.72. The Bertz CT molecular complexity index is 554. The van der Waals surface area contributed by atoms with Crippen LogP contribution >= 0.6 is 0 Å². The molecule has 0 amide bonds. The zero-order valence-corrected chi connectivity index (χ0v) is 13.8. The Morgan fingerprint density at radius 3 is 2.87 bits per heavy atom. The lowest BCUT2D eigenvalue weighted by molar-refractivity contribution is -0.0464. The number of nitrogens with zero attached hydrogens (tertiary/aromatic N) is 1. The third-order valence-electron chi connectivity index (χ3n) is 5.19. The summed E-state index contributed by atoms with van der Waals surface area (Å²) in [4.78, 5) is 2.50. The second kappa shape index (κ2) is 6.30. The summed E-state index contributed by atoms with van der Waals surface area (Å²) in [6, 6.07) is 6.24. The van der Waals surface area contributed by atoms with Crippen LogP contribution in [0.5, 0.6) is 11.5 Å². The molecule has 23 heavy (non-hydrogen) atoms. The van der Waals surface area contributed by atoms with Crippen molar-refractivity contribution in [2.75, 3.05) is 33.1 Å². The summed E-state index contributed by atoms with van der Waals surface area (Å²) in [5.41, 5.74) is 1.34. The topological polar surface area (TPSA) is 40.2 Å². The molecule has 0 aliphatic carbocycles. The maximum Gasteiger partial charge on any atom is 0.231 e. The van der Waals surface area contributed by atoms with Crippen LogP contribution in [0.2, 0.25) is 0 Å². The van der Waals surface area contributed by atoms with Crippen molar-refractivity contribution in [2.24, 2.45) is 0 Å². The van der Waals surface area contributed by atoms with Gasteiger partial charge in [-0.2, -0.15) is 0 Å². The average Bonchev–Trinajstić information content (AvgIpc) is 3.17. The van der Waals surface area contributed by atoms with Crippen molar-refractivity contribution >= 4 is 0 Å². The van der Waals surface area contributed by atoms with Gasteiger partial charge in [-0.05, 0) is 37.5 Å². The first-order valence-corrected chi connectivity index (χ1v) is 8.63. The molecule has 3 aliphatic heterocycles. The fourth-order valence-corrected chi connectivity index (χ4v) is 3.91. The molecule has 5 heteroatoms. The summed E-state index contributed by atoms with van der Waals surface area (Å²) in [6.45, 7) is 7.04. The Labute approximate surface area is 137 Å². The summed E-state index contributed by atoms with van der Waals surface area (Å²) >= 11 is 0. The molecule has 0 radical (unpaired) electrons. The number of hydrogen-bond acceptors (Lipinski definition) is 5. The van der Waals surface area contributed by atoms with Crippen molar-refractivity contribution in [3.63, 3.8) is 0 Å². The van der Waals surface area contributed by atoms with E-state index in [1.165, 1.54) is 5.56 Å². The van der Waals surface area contributed by atoms with Crippen LogP contribution < -0.4 is 9.47 Å². The molecule has 0 bridgehead atoms. The molecule has 0 saturated carbocycles. The average molecular weight is 319 g/mol. The van der Waals surface area contributed by atoms with Gasteiger partial charge in [0.1, 0.15) is 0 Å². The summed E-state index contributed by atoms with van der Waals surface area (Å²) < 4.78 is 22.7. The zero-order chi connectivity index (χ0) is 15.7. The fourth-order valence-electron chi connectivity index (χ4n) is 3.91. The van der Waals surface area contributed by atoms with Gasteiger partial charge in [0.25, 0.3) is 0 Å². The van der Waals surface area contributed by atoms with Crippen LogP contribution in [-0.4, -0.2) is 49.7 Å². The van der Waals surface area contributed by atoms with E-state index in [2.05, 4.69) is 24.0 Å². The first-order valence-electron chi connectivity index (χ1n) is 8.63. The van der Waals surface area contributed by atoms with Crippen molar-refractivity contribution in [2.45, 2.75) is 44.4 Å². The molecule has 3 heterocycles. The second-order valence-electron chi connectivity index (χ2n) is 6.74. The minimum absolute atomic E-state index is 0.0607. The van der Waals surface area contributed by atoms with Crippen molar-refractivity contribution in [3.8, 4) is 11.5 Å². The molecule has 2 fully saturated rings. The quantitative estimate of drug-likeness (QED) is 0.853. The number of benzene rings is 1. The highest BCUT2D eigenvalue weighted by Crippen LogP contribution is 2.38. The molecular formula is C18H25NO4. The summed E-state index contributed by atoms with van der Waals surface area (Å²) in [6.07, 6.45) is 3.54. The molecule has 1 atom stereocenters. The molecule has 4 rings (SSSR count). The minimum atomic E-state index is 0.0607. The van der Waals surface area contributed by atoms with E-state index < -0.39 is 0 Å². The number of likely N-dealkylation sites (tertiary alicyclic amines) is 1. The molecule has 0 N–H and O–H groups in total. The van der Waals surface area contributed by atoms with Crippen LogP contribution in [-0.2, 0) is 16.0 Å². The van der Waals surface area contributed by atoms with Crippen molar-refractivity contribution in [1.82, 2.24) is 4.90 Å². The van der Waals surface area contributed by atoms with Crippen molar-refractivity contribution in [1.29, 1.82) is 0 Å². The number of fused-ring (bicyclic) bond motifs is 1. The maximum absolute atomic E-state index is 6.12. The fraction of sp³-hybridized carbons (Fsp3) is 0.667. The van der Waals surface area contributed by atoms with Gasteiger partial charge in [-0.25, -0.2) is 0 Å². The van der Waals surface area contributed by atoms with E-state index in [4.69, 9.17) is 18.9 Å². The number of ether oxygens (including phenoxy) is 4. The predicted octanol–water partition coefficient (Wildman–Crippen LogP) is 2.58. The monoisotopic (exact) mass is 319 g/mol. The number of piperidine rings is 1. The van der Waals surface area contributed by atoms with E-state index in [9.17, 15) is 0 Å². The van der Waals surface area contributed by atoms with Crippen LogP contribution in [0.15, 0.2) is 18.2 Å². The van der Waals surface area contributed by atoms with Crippen molar-refractivity contribution < 1.29 is 18.9 Å². The highest BCUT2D eigenvalue weighted by atomic mass is 16.7. The Balaban J connectivity index is 1.32. The van der Waals surface area contributed by atoms with Crippen LogP contribution in [0.1, 0.15) is 31.7 Å². The normalized spacial score (nSPS) is 26.0. The Morgan fingerprint density at radius 2 is 2.04 bits per heavy atom. The largest absolute Gasteiger partial charge is 0.454 e. The SMILES string of the molecule is CCO[C@H]1COC2(CCN(Cc3ccc4c(c3)OCO4)CC2)C1. The van der Waals surface area contributed by atoms with E-state index in [1.54, 1.807) is 0 Å². The molecule has 1 aromatic carbocycles. The van der Waals surface area contributed by atoms with Gasteiger partial charge in [0.2, 0.25) is 6.79 Å². The number of rotatable bonds is 4. The smallest absolute Gasteiger partial charge is 0.231 e. The van der Waals surface area contributed by atoms with Gasteiger partial charge in [0.05, 0.1) is 18.3 Å². The van der Waals surface area contributed by atoms with Gasteiger partial charge >= 0.3 is 0 Å². The summed E-state index contributed by atoms with van der Waals surface area (Å²) in [7, 11) is 0. The minimum Gasteiger partial charge on any atom is -0.454 e. The first kappa shape index (κ1) is 15.2. The zero-order valence-electron chi connectivity index (χ0n) is 13.8. The lowest BCUT2D eigenvalue weighted by Crippen LogP contribution is -2.43. The molecule has 0 aromatic heterocycles. The number of hydrogen-bond donors (Lipinski definition) is 0. The lowest BCUT2D eigenvalue weighted by atomic mass is 9.88. The van der Waals surface area contributed by atoms with Crippen LogP contribution in [0, 0.1) is 0 Å². The Hall–Kier alpha value is -1.30. The maximum atomic E-state index is 6.12. The molecule has 1 aromatic rings. The molecule has 5 nitrogen and oxygen atoms in total. The lowest BCUT2D eigenvalue weighted by Gasteiger charge is -2.38. The van der Waals surface area contributed by atoms with Crippen LogP contribution in [0.25, 0.3) is 0 Å². The second-order valence-corrected chi connectivity index (χ2v) is 6.74. The van der Waals surface area contributed by atoms with Crippen LogP contribution in [0.3, 0.4) is 0 Å². The van der Waals surface area contributed by atoms with Gasteiger partial charge in [0.15, 0.2) is 11.5 Å². The third kappa shape index (κ3) is 3.18. The molecule has 0 unspecified atom stereocenters. The molecular weight excluding hydrogens is 294 g/mol. The van der Waals surface area contributed by atoms with E-state index in [1.807, 2.05) is 6.07 Å². The van der Waals surface area contributed by atoms with Gasteiger partial charge in [-0.3, -0.25) is 4.90 Å². The van der Waals surface area contributed by atoms with Crippen molar-refractivity contribution in [3.05, 3.63) is 23.8 Å². The van der Waals surface area contributed by atoms with Gasteiger partial charge in [-0.1, -0.05) is 6.07 Å². The van der Waals surface area contributed by atoms with Crippen LogP contribution in [0.4, 0.5) is 0 Å². The van der Waals surface area contributed by atoms with E-state index in [-0.39, 0.29) is 5.60 Å². The Kier molecular flexibility index (Phi) is 4.18. The van der Waals surface area contributed by atoms with Gasteiger partial charge in [-0.15, -0.1) is 0 Å². The molecule has 2 saturated heterocycles. The standard InChI is InChI=1S/C18H25NO4/c1-2-20-15-10-18(23-12-15)5-7-19(8-6-18)11-14-3-4-16-17(9-14)22-13-21-16/h3-4,9,15H,2,5-8,10-13H2,1H3/t15-/m1/s1. The molecule has 126 valence electrons. The van der Waals surface area contributed by atoms with Gasteiger partial charge < -0.3 is 18.9 Å². The highest BCUT2D eigenvalue weighted by Gasteiger charge is 2.42. The first-order chi connectivity index (χ1) is 11.3. The summed E-state index contributed by atoms with van der Waals surface area (Å²) in [5, 5.41) is 0. The highest BCUT2D eigenvalue weighted by molar-refractivity contribution is 5.44. The molecule has 1 spiro atoms. The van der Waals surface area contributed by atoms with E-state index in [0.29, 0.717) is 12.9 Å². The van der Waals surface area contributed by atoms with E-state index in [0.717, 1.165) is 63.6 Å². The van der Waals surface area contributed by atoms with E-state index >= 15 is 0 Å². The molecule has 3 aliphatic rings. The third-order valence-corrected chi connectivity index (χ3v) is 5.19. The predicted molar refractivity (Wildman–Crippen MR) is 85.8 cm³/mol. The Morgan fingerprint density at radius 1 is 1.22 bits per heavy atom. The van der Waals surface area contributed by atoms with Gasteiger partial charge in [0, 0.05) is 32.7 Å².